The number of rotatable bonds is 9. The Kier molecular flexibility index (Phi) is 7.99. The molecule has 0 aliphatic heterocycles. The minimum Gasteiger partial charge on any atom is -0.493 e. The molecule has 3 aromatic rings. The van der Waals surface area contributed by atoms with Gasteiger partial charge in [-0.05, 0) is 46.4 Å². The topological polar surface area (TPSA) is 107 Å². The van der Waals surface area contributed by atoms with Crippen LogP contribution < -0.4 is 9.47 Å². The predicted octanol–water partition coefficient (Wildman–Crippen LogP) is 5.21. The van der Waals surface area contributed by atoms with Gasteiger partial charge in [0.1, 0.15) is 13.2 Å². The maximum Gasteiger partial charge on any atom is 0.269 e. The normalized spacial score (nSPS) is 10.5. The number of halogens is 1. The second-order valence-electron chi connectivity index (χ2n) is 6.53. The maximum absolute atomic E-state index is 10.8. The van der Waals surface area contributed by atoms with E-state index in [0.717, 1.165) is 14.7 Å². The van der Waals surface area contributed by atoms with Crippen molar-refractivity contribution in [1.29, 1.82) is 5.26 Å². The Hall–Kier alpha value is -3.65. The van der Waals surface area contributed by atoms with Gasteiger partial charge in [0.15, 0.2) is 11.5 Å². The second kappa shape index (κ2) is 11.1. The second-order valence-corrected chi connectivity index (χ2v) is 7.69. The van der Waals surface area contributed by atoms with Gasteiger partial charge in [-0.15, -0.1) is 0 Å². The Bertz CT molecular complexity index is 1190. The molecule has 0 aliphatic carbocycles. The van der Waals surface area contributed by atoms with Gasteiger partial charge in [-0.3, -0.25) is 10.1 Å². The Balaban J connectivity index is 1.67. The lowest BCUT2D eigenvalue weighted by Gasteiger charge is -2.14. The highest BCUT2D eigenvalue weighted by molar-refractivity contribution is 14.1. The number of hydrogen-bond acceptors (Lipinski definition) is 7. The largest absolute Gasteiger partial charge is 0.493 e. The van der Waals surface area contributed by atoms with E-state index in [1.54, 1.807) is 31.4 Å². The molecular weight excluding hydrogens is 525 g/mol. The van der Waals surface area contributed by atoms with Crippen molar-refractivity contribution in [1.82, 2.24) is 0 Å². The molecule has 0 saturated carbocycles. The first-order valence-electron chi connectivity index (χ1n) is 9.39. The third-order valence-corrected chi connectivity index (χ3v) is 5.19. The van der Waals surface area contributed by atoms with Crippen molar-refractivity contribution in [3.8, 4) is 17.6 Å². The first-order chi connectivity index (χ1) is 15.5. The fourth-order valence-electron chi connectivity index (χ4n) is 2.83. The van der Waals surface area contributed by atoms with Crippen LogP contribution in [0.1, 0.15) is 22.3 Å². The molecule has 3 rings (SSSR count). The number of nitro groups is 1. The van der Waals surface area contributed by atoms with E-state index in [0.29, 0.717) is 22.6 Å². The molecule has 0 amide bonds. The minimum absolute atomic E-state index is 0.00218. The smallest absolute Gasteiger partial charge is 0.269 e. The summed E-state index contributed by atoms with van der Waals surface area (Å²) in [5, 5.41) is 24.0. The van der Waals surface area contributed by atoms with Crippen molar-refractivity contribution in [3.63, 3.8) is 0 Å². The molecule has 0 radical (unpaired) electrons. The summed E-state index contributed by atoms with van der Waals surface area (Å²) in [5.41, 5.74) is 2.72. The number of hydrogen-bond donors (Lipinski definition) is 0. The number of nitrogens with zero attached hydrogens (tertiary/aromatic N) is 3. The van der Waals surface area contributed by atoms with Crippen LogP contribution in [-0.2, 0) is 18.1 Å². The molecule has 162 valence electrons. The molecule has 0 saturated heterocycles. The van der Waals surface area contributed by atoms with E-state index in [1.807, 2.05) is 24.3 Å². The van der Waals surface area contributed by atoms with E-state index in [-0.39, 0.29) is 18.9 Å². The van der Waals surface area contributed by atoms with Gasteiger partial charge in [-0.2, -0.15) is 5.26 Å². The number of non-ortho nitro benzene ring substituents is 1. The number of oxime groups is 1. The molecule has 32 heavy (non-hydrogen) atoms. The van der Waals surface area contributed by atoms with Crippen molar-refractivity contribution in [3.05, 3.63) is 96.6 Å². The molecule has 8 nitrogen and oxygen atoms in total. The van der Waals surface area contributed by atoms with Crippen LogP contribution in [-0.4, -0.2) is 18.2 Å². The van der Waals surface area contributed by atoms with E-state index in [2.05, 4.69) is 33.8 Å². The molecule has 0 fully saturated rings. The van der Waals surface area contributed by atoms with E-state index in [9.17, 15) is 15.4 Å². The number of ether oxygens (including phenoxy) is 2. The summed E-state index contributed by atoms with van der Waals surface area (Å²) in [7, 11) is 1.54. The van der Waals surface area contributed by atoms with Crippen LogP contribution >= 0.6 is 22.6 Å². The number of methoxy groups -OCH3 is 1. The van der Waals surface area contributed by atoms with Gasteiger partial charge >= 0.3 is 0 Å². The van der Waals surface area contributed by atoms with Crippen LogP contribution in [0.25, 0.3) is 0 Å². The highest BCUT2D eigenvalue weighted by atomic mass is 127. The maximum atomic E-state index is 10.8. The number of nitro benzene ring substituents is 1. The highest BCUT2D eigenvalue weighted by Crippen LogP contribution is 2.34. The van der Waals surface area contributed by atoms with Gasteiger partial charge in [-0.25, -0.2) is 0 Å². The van der Waals surface area contributed by atoms with Crippen LogP contribution in [0.15, 0.2) is 65.8 Å². The van der Waals surface area contributed by atoms with E-state index in [1.165, 1.54) is 18.3 Å². The summed E-state index contributed by atoms with van der Waals surface area (Å²) in [4.78, 5) is 15.7. The van der Waals surface area contributed by atoms with Gasteiger partial charge in [0.05, 0.1) is 33.5 Å². The van der Waals surface area contributed by atoms with Crippen LogP contribution in [0, 0.1) is 25.0 Å². The van der Waals surface area contributed by atoms with Crippen molar-refractivity contribution >= 4 is 34.5 Å². The van der Waals surface area contributed by atoms with E-state index >= 15 is 0 Å². The van der Waals surface area contributed by atoms with Crippen LogP contribution in [0.2, 0.25) is 0 Å². The fourth-order valence-corrected chi connectivity index (χ4v) is 3.61. The van der Waals surface area contributed by atoms with Crippen molar-refractivity contribution in [2.45, 2.75) is 13.2 Å². The van der Waals surface area contributed by atoms with Crippen molar-refractivity contribution in [2.24, 2.45) is 5.16 Å². The van der Waals surface area contributed by atoms with Gasteiger partial charge in [0.25, 0.3) is 5.69 Å². The molecular formula is C23H18IN3O5. The first kappa shape index (κ1) is 23.0. The monoisotopic (exact) mass is 543 g/mol. The van der Waals surface area contributed by atoms with Gasteiger partial charge < -0.3 is 14.3 Å². The Morgan fingerprint density at radius 1 is 1.16 bits per heavy atom. The first-order valence-corrected chi connectivity index (χ1v) is 10.5. The number of benzene rings is 3. The molecule has 0 aromatic heterocycles. The third kappa shape index (κ3) is 5.95. The molecule has 9 heteroatoms. The molecule has 0 unspecified atom stereocenters. The van der Waals surface area contributed by atoms with E-state index < -0.39 is 4.92 Å². The Labute approximate surface area is 198 Å². The molecule has 0 spiro atoms. The van der Waals surface area contributed by atoms with Crippen LogP contribution in [0.4, 0.5) is 5.69 Å². The molecule has 0 N–H and O–H groups in total. The molecule has 3 aromatic carbocycles. The summed E-state index contributed by atoms with van der Waals surface area (Å²) in [6.45, 7) is 0.335. The summed E-state index contributed by atoms with van der Waals surface area (Å²) < 4.78 is 12.2. The quantitative estimate of drug-likeness (QED) is 0.159. The van der Waals surface area contributed by atoms with E-state index in [4.69, 9.17) is 14.3 Å². The molecule has 0 bridgehead atoms. The van der Waals surface area contributed by atoms with Crippen LogP contribution in [0.5, 0.6) is 11.5 Å². The summed E-state index contributed by atoms with van der Waals surface area (Å²) in [5.74, 6) is 1.09. The summed E-state index contributed by atoms with van der Waals surface area (Å²) in [6, 6.07) is 19.2. The highest BCUT2D eigenvalue weighted by Gasteiger charge is 2.13. The Morgan fingerprint density at radius 2 is 1.97 bits per heavy atom. The van der Waals surface area contributed by atoms with Gasteiger partial charge in [0.2, 0.25) is 0 Å². The Morgan fingerprint density at radius 3 is 2.72 bits per heavy atom. The molecule has 0 atom stereocenters. The lowest BCUT2D eigenvalue weighted by molar-refractivity contribution is -0.384. The number of nitriles is 1. The average Bonchev–Trinajstić information content (AvgIpc) is 2.81. The van der Waals surface area contributed by atoms with Crippen molar-refractivity contribution in [2.75, 3.05) is 7.11 Å². The minimum atomic E-state index is -0.455. The zero-order valence-corrected chi connectivity index (χ0v) is 19.2. The van der Waals surface area contributed by atoms with Crippen molar-refractivity contribution < 1.29 is 19.2 Å². The fraction of sp³-hybridized carbons (Fsp3) is 0.130. The summed E-state index contributed by atoms with van der Waals surface area (Å²) >= 11 is 2.14. The SMILES string of the molecule is COc1cc(/C=N\OCc2cccc([N+](=O)[O-])c2)cc(I)c1OCc1ccccc1C#N. The third-order valence-electron chi connectivity index (χ3n) is 4.39. The zero-order chi connectivity index (χ0) is 22.9. The predicted molar refractivity (Wildman–Crippen MR) is 127 cm³/mol. The lowest BCUT2D eigenvalue weighted by atomic mass is 10.1. The average molecular weight is 543 g/mol. The lowest BCUT2D eigenvalue weighted by Crippen LogP contribution is -2.02. The van der Waals surface area contributed by atoms with Crippen LogP contribution in [0.3, 0.4) is 0 Å². The molecule has 0 aliphatic rings. The zero-order valence-electron chi connectivity index (χ0n) is 17.0. The standard InChI is InChI=1S/C23H18IN3O5/c1-30-22-11-17(13-26-32-14-16-5-4-8-20(9-16)27(28)29)10-21(24)23(22)31-15-19-7-3-2-6-18(19)12-25/h2-11,13H,14-15H2,1H3/b26-13-. The summed E-state index contributed by atoms with van der Waals surface area (Å²) in [6.07, 6.45) is 1.52. The van der Waals surface area contributed by atoms with Gasteiger partial charge in [0, 0.05) is 23.3 Å². The molecule has 0 heterocycles. The van der Waals surface area contributed by atoms with Gasteiger partial charge in [-0.1, -0.05) is 35.5 Å².